The normalized spacial score (nSPS) is 31.3. The molecule has 1 rings (SSSR count). The molecule has 1 saturated heterocycles. The molecule has 0 aliphatic carbocycles. The first kappa shape index (κ1) is 10.7. The van der Waals surface area contributed by atoms with E-state index in [-0.39, 0.29) is 5.66 Å². The van der Waals surface area contributed by atoms with Crippen LogP contribution in [-0.2, 0) is 0 Å². The summed E-state index contributed by atoms with van der Waals surface area (Å²) in [7, 11) is 4.23. The van der Waals surface area contributed by atoms with Crippen molar-refractivity contribution in [2.45, 2.75) is 38.3 Å². The number of hydrogen-bond acceptors (Lipinski definition) is 2. The molecule has 2 nitrogen and oxygen atoms in total. The Morgan fingerprint density at radius 2 is 2.08 bits per heavy atom. The van der Waals surface area contributed by atoms with Crippen molar-refractivity contribution in [3.8, 4) is 0 Å². The summed E-state index contributed by atoms with van der Waals surface area (Å²) in [6, 6.07) is 0. The van der Waals surface area contributed by atoms with E-state index in [0.29, 0.717) is 0 Å². The van der Waals surface area contributed by atoms with Gasteiger partial charge in [0.15, 0.2) is 0 Å². The lowest BCUT2D eigenvalue weighted by molar-refractivity contribution is 0.128. The Morgan fingerprint density at radius 1 is 1.38 bits per heavy atom. The molecule has 1 aliphatic rings. The van der Waals surface area contributed by atoms with Crippen molar-refractivity contribution in [3.63, 3.8) is 0 Å². The zero-order valence-corrected chi connectivity index (χ0v) is 9.19. The lowest BCUT2D eigenvalue weighted by Gasteiger charge is -2.41. The van der Waals surface area contributed by atoms with Gasteiger partial charge in [0.25, 0.3) is 0 Å². The fraction of sp³-hybridized carbons (Fsp3) is 0.818. The molecule has 2 heteroatoms. The second kappa shape index (κ2) is 4.25. The van der Waals surface area contributed by atoms with Crippen LogP contribution in [0.3, 0.4) is 0 Å². The summed E-state index contributed by atoms with van der Waals surface area (Å²) in [5.74, 6) is 0. The van der Waals surface area contributed by atoms with Crippen molar-refractivity contribution in [1.82, 2.24) is 10.2 Å². The molecule has 1 unspecified atom stereocenters. The minimum absolute atomic E-state index is 0.0521. The van der Waals surface area contributed by atoms with Crippen molar-refractivity contribution in [2.75, 3.05) is 20.6 Å². The number of nitrogens with zero attached hydrogens (tertiary/aromatic N) is 1. The fourth-order valence-electron chi connectivity index (χ4n) is 2.36. The molecule has 1 aliphatic heterocycles. The standard InChI is InChI=1S/C11H22N2/c1-10(2)11(12-3)8-6-5-7-9-13(11)4/h12H,1,5-9H2,2-4H3. The Morgan fingerprint density at radius 3 is 2.62 bits per heavy atom. The minimum Gasteiger partial charge on any atom is -0.299 e. The van der Waals surface area contributed by atoms with Gasteiger partial charge in [0.05, 0.1) is 5.66 Å². The van der Waals surface area contributed by atoms with Gasteiger partial charge in [-0.15, -0.1) is 0 Å². The van der Waals surface area contributed by atoms with E-state index >= 15 is 0 Å². The number of rotatable bonds is 2. The highest BCUT2D eigenvalue weighted by Crippen LogP contribution is 2.28. The Labute approximate surface area is 82.0 Å². The first-order valence-corrected chi connectivity index (χ1v) is 5.19. The maximum atomic E-state index is 4.11. The summed E-state index contributed by atoms with van der Waals surface area (Å²) >= 11 is 0. The van der Waals surface area contributed by atoms with Gasteiger partial charge in [-0.1, -0.05) is 13.0 Å². The predicted octanol–water partition coefficient (Wildman–Crippen LogP) is 1.98. The van der Waals surface area contributed by atoms with Gasteiger partial charge in [0.1, 0.15) is 0 Å². The number of likely N-dealkylation sites (tertiary alicyclic amines) is 1. The van der Waals surface area contributed by atoms with E-state index in [0.717, 1.165) is 0 Å². The largest absolute Gasteiger partial charge is 0.299 e. The van der Waals surface area contributed by atoms with Gasteiger partial charge in [-0.25, -0.2) is 0 Å². The highest BCUT2D eigenvalue weighted by molar-refractivity contribution is 5.13. The first-order valence-electron chi connectivity index (χ1n) is 5.19. The van der Waals surface area contributed by atoms with Crippen LogP contribution in [0.5, 0.6) is 0 Å². The van der Waals surface area contributed by atoms with E-state index in [2.05, 4.69) is 30.8 Å². The average Bonchev–Trinajstić information content (AvgIpc) is 2.27. The summed E-state index contributed by atoms with van der Waals surface area (Å²) in [5.41, 5.74) is 1.29. The summed E-state index contributed by atoms with van der Waals surface area (Å²) in [4.78, 5) is 2.41. The van der Waals surface area contributed by atoms with Crippen molar-refractivity contribution >= 4 is 0 Å². The van der Waals surface area contributed by atoms with Gasteiger partial charge in [-0.05, 0) is 52.4 Å². The second-order valence-electron chi connectivity index (χ2n) is 4.12. The van der Waals surface area contributed by atoms with E-state index < -0.39 is 0 Å². The molecule has 0 aromatic carbocycles. The van der Waals surface area contributed by atoms with Gasteiger partial charge in [0, 0.05) is 0 Å². The van der Waals surface area contributed by atoms with Crippen LogP contribution in [0.25, 0.3) is 0 Å². The van der Waals surface area contributed by atoms with Crippen molar-refractivity contribution in [1.29, 1.82) is 0 Å². The Balaban J connectivity index is 2.84. The molecule has 0 aromatic heterocycles. The zero-order chi connectivity index (χ0) is 9.90. The monoisotopic (exact) mass is 182 g/mol. The van der Waals surface area contributed by atoms with Crippen LogP contribution >= 0.6 is 0 Å². The van der Waals surface area contributed by atoms with Crippen LogP contribution in [0.1, 0.15) is 32.6 Å². The van der Waals surface area contributed by atoms with E-state index in [1.807, 2.05) is 7.05 Å². The molecule has 1 fully saturated rings. The molecular weight excluding hydrogens is 160 g/mol. The molecule has 0 bridgehead atoms. The average molecular weight is 182 g/mol. The van der Waals surface area contributed by atoms with Gasteiger partial charge < -0.3 is 0 Å². The summed E-state index contributed by atoms with van der Waals surface area (Å²) in [6.07, 6.45) is 5.15. The molecule has 0 aromatic rings. The maximum Gasteiger partial charge on any atom is 0.0923 e. The highest BCUT2D eigenvalue weighted by Gasteiger charge is 2.34. The summed E-state index contributed by atoms with van der Waals surface area (Å²) in [5, 5.41) is 3.43. The van der Waals surface area contributed by atoms with Crippen molar-refractivity contribution < 1.29 is 0 Å². The number of likely N-dealkylation sites (N-methyl/N-ethyl adjacent to an activating group) is 2. The molecule has 1 heterocycles. The molecule has 0 spiro atoms. The van der Waals surface area contributed by atoms with Gasteiger partial charge in [0.2, 0.25) is 0 Å². The molecule has 0 saturated carbocycles. The molecule has 1 N–H and O–H groups in total. The van der Waals surface area contributed by atoms with E-state index in [1.165, 1.54) is 37.8 Å². The van der Waals surface area contributed by atoms with Crippen molar-refractivity contribution in [2.24, 2.45) is 0 Å². The third-order valence-corrected chi connectivity index (χ3v) is 3.30. The maximum absolute atomic E-state index is 4.11. The van der Waals surface area contributed by atoms with Crippen LogP contribution in [0.15, 0.2) is 12.2 Å². The van der Waals surface area contributed by atoms with Gasteiger partial charge >= 0.3 is 0 Å². The molecule has 0 amide bonds. The lowest BCUT2D eigenvalue weighted by Crippen LogP contribution is -2.56. The Bertz CT molecular complexity index is 189. The number of hydrogen-bond donors (Lipinski definition) is 1. The van der Waals surface area contributed by atoms with Crippen LogP contribution in [0, 0.1) is 0 Å². The van der Waals surface area contributed by atoms with Gasteiger partial charge in [-0.2, -0.15) is 0 Å². The molecule has 1 atom stereocenters. The quantitative estimate of drug-likeness (QED) is 0.657. The molecule has 76 valence electrons. The smallest absolute Gasteiger partial charge is 0.0923 e. The zero-order valence-electron chi connectivity index (χ0n) is 9.19. The fourth-order valence-corrected chi connectivity index (χ4v) is 2.36. The first-order chi connectivity index (χ1) is 6.13. The SMILES string of the molecule is C=C(C)C1(NC)CCCCCN1C. The van der Waals surface area contributed by atoms with E-state index in [4.69, 9.17) is 0 Å². The third kappa shape index (κ3) is 1.94. The third-order valence-electron chi connectivity index (χ3n) is 3.30. The van der Waals surface area contributed by atoms with E-state index in [9.17, 15) is 0 Å². The van der Waals surface area contributed by atoms with Crippen LogP contribution < -0.4 is 5.32 Å². The topological polar surface area (TPSA) is 15.3 Å². The lowest BCUT2D eigenvalue weighted by atomic mass is 9.95. The van der Waals surface area contributed by atoms with Crippen LogP contribution in [0.4, 0.5) is 0 Å². The Kier molecular flexibility index (Phi) is 3.51. The van der Waals surface area contributed by atoms with Crippen LogP contribution in [0.2, 0.25) is 0 Å². The van der Waals surface area contributed by atoms with Crippen LogP contribution in [-0.4, -0.2) is 31.2 Å². The summed E-state index contributed by atoms with van der Waals surface area (Å²) < 4.78 is 0. The highest BCUT2D eigenvalue weighted by atomic mass is 15.3. The second-order valence-corrected chi connectivity index (χ2v) is 4.12. The van der Waals surface area contributed by atoms with E-state index in [1.54, 1.807) is 0 Å². The predicted molar refractivity (Wildman–Crippen MR) is 57.7 cm³/mol. The molecule has 13 heavy (non-hydrogen) atoms. The molecular formula is C11H22N2. The minimum atomic E-state index is 0.0521. The summed E-state index contributed by atoms with van der Waals surface area (Å²) in [6.45, 7) is 7.41. The Hall–Kier alpha value is -0.340. The van der Waals surface area contributed by atoms with Gasteiger partial charge in [-0.3, -0.25) is 10.2 Å². The number of nitrogens with one attached hydrogen (secondary N) is 1. The molecule has 0 radical (unpaired) electrons. The van der Waals surface area contributed by atoms with Crippen molar-refractivity contribution in [3.05, 3.63) is 12.2 Å².